The number of imidazole rings is 1. The molecule has 2 atom stereocenters. The molecule has 5 nitrogen and oxygen atoms in total. The molecule has 0 N–H and O–H groups in total. The van der Waals surface area contributed by atoms with Gasteiger partial charge in [-0.25, -0.2) is 4.98 Å². The van der Waals surface area contributed by atoms with Crippen molar-refractivity contribution >= 4 is 23.2 Å². The highest BCUT2D eigenvalue weighted by molar-refractivity contribution is 6.30. The Bertz CT molecular complexity index is 1110. The van der Waals surface area contributed by atoms with Crippen LogP contribution in [0.4, 0.5) is 0 Å². The molecule has 160 valence electrons. The first-order valence-corrected chi connectivity index (χ1v) is 11.8. The number of rotatable bonds is 5. The van der Waals surface area contributed by atoms with Crippen molar-refractivity contribution in [3.63, 3.8) is 0 Å². The van der Waals surface area contributed by atoms with Gasteiger partial charge in [0, 0.05) is 54.9 Å². The van der Waals surface area contributed by atoms with Crippen molar-refractivity contribution in [2.45, 2.75) is 50.7 Å². The van der Waals surface area contributed by atoms with Gasteiger partial charge in [-0.3, -0.25) is 9.69 Å². The van der Waals surface area contributed by atoms with Crippen LogP contribution in [0.1, 0.15) is 37.8 Å². The molecule has 1 saturated carbocycles. The van der Waals surface area contributed by atoms with E-state index in [-0.39, 0.29) is 0 Å². The summed E-state index contributed by atoms with van der Waals surface area (Å²) >= 11 is 6.12. The van der Waals surface area contributed by atoms with Gasteiger partial charge in [0.15, 0.2) is 0 Å². The molecule has 31 heavy (non-hydrogen) atoms. The van der Waals surface area contributed by atoms with Crippen LogP contribution >= 0.6 is 11.6 Å². The fourth-order valence-electron chi connectivity index (χ4n) is 5.45. The SMILES string of the molecule is O=C(CC1CC1)N1C2CCC1CN(Cc1c(-c3ccc(Cl)cc3)nc3ccccn13)C2. The molecule has 2 unspecified atom stereocenters. The van der Waals surface area contributed by atoms with Crippen molar-refractivity contribution in [1.29, 1.82) is 0 Å². The average molecular weight is 435 g/mol. The third-order valence-corrected chi connectivity index (χ3v) is 7.38. The Balaban J connectivity index is 1.27. The van der Waals surface area contributed by atoms with Crippen LogP contribution in [-0.2, 0) is 11.3 Å². The molecule has 2 bridgehead atoms. The predicted molar refractivity (Wildman–Crippen MR) is 122 cm³/mol. The van der Waals surface area contributed by atoms with Crippen molar-refractivity contribution in [2.24, 2.45) is 5.92 Å². The van der Waals surface area contributed by atoms with E-state index in [0.717, 1.165) is 60.8 Å². The number of hydrogen-bond acceptors (Lipinski definition) is 3. The molecule has 4 heterocycles. The number of piperazine rings is 1. The summed E-state index contributed by atoms with van der Waals surface area (Å²) in [6.07, 6.45) is 7.61. The molecule has 6 heteroatoms. The van der Waals surface area contributed by atoms with Crippen LogP contribution in [0, 0.1) is 5.92 Å². The second-order valence-corrected chi connectivity index (χ2v) is 9.81. The van der Waals surface area contributed by atoms with Crippen molar-refractivity contribution < 1.29 is 4.79 Å². The molecule has 1 aliphatic carbocycles. The summed E-state index contributed by atoms with van der Waals surface area (Å²) in [6.45, 7) is 2.74. The van der Waals surface area contributed by atoms with Crippen molar-refractivity contribution in [3.05, 3.63) is 59.4 Å². The molecule has 1 amide bonds. The lowest BCUT2D eigenvalue weighted by Gasteiger charge is -2.41. The van der Waals surface area contributed by atoms with E-state index >= 15 is 0 Å². The number of aromatic nitrogens is 2. The number of hydrogen-bond donors (Lipinski definition) is 0. The monoisotopic (exact) mass is 434 g/mol. The lowest BCUT2D eigenvalue weighted by atomic mass is 10.1. The van der Waals surface area contributed by atoms with E-state index in [1.165, 1.54) is 18.5 Å². The maximum atomic E-state index is 12.9. The van der Waals surface area contributed by atoms with E-state index in [2.05, 4.69) is 32.5 Å². The summed E-state index contributed by atoms with van der Waals surface area (Å²) in [5, 5.41) is 0.734. The zero-order chi connectivity index (χ0) is 20.9. The molecule has 2 aliphatic heterocycles. The van der Waals surface area contributed by atoms with Crippen LogP contribution in [0.25, 0.3) is 16.9 Å². The van der Waals surface area contributed by atoms with Crippen LogP contribution < -0.4 is 0 Å². The van der Waals surface area contributed by atoms with Gasteiger partial charge in [0.1, 0.15) is 5.65 Å². The fourth-order valence-corrected chi connectivity index (χ4v) is 5.58. The Kier molecular flexibility index (Phi) is 4.77. The molecule has 0 spiro atoms. The largest absolute Gasteiger partial charge is 0.334 e. The minimum Gasteiger partial charge on any atom is -0.334 e. The number of carbonyl (C=O) groups is 1. The van der Waals surface area contributed by atoms with Crippen LogP contribution in [0.3, 0.4) is 0 Å². The fraction of sp³-hybridized carbons (Fsp3) is 0.440. The highest BCUT2D eigenvalue weighted by Gasteiger charge is 2.43. The van der Waals surface area contributed by atoms with Crippen LogP contribution in [-0.4, -0.2) is 50.3 Å². The van der Waals surface area contributed by atoms with E-state index in [1.54, 1.807) is 0 Å². The van der Waals surface area contributed by atoms with E-state index in [4.69, 9.17) is 16.6 Å². The zero-order valence-electron chi connectivity index (χ0n) is 17.6. The van der Waals surface area contributed by atoms with Gasteiger partial charge in [0.25, 0.3) is 0 Å². The minimum atomic E-state index is 0.364. The normalized spacial score (nSPS) is 23.6. The number of likely N-dealkylation sites (tertiary alicyclic amines) is 1. The maximum Gasteiger partial charge on any atom is 0.223 e. The molecule has 6 rings (SSSR count). The zero-order valence-corrected chi connectivity index (χ0v) is 18.3. The third-order valence-electron chi connectivity index (χ3n) is 7.13. The quantitative estimate of drug-likeness (QED) is 0.587. The second-order valence-electron chi connectivity index (χ2n) is 9.37. The van der Waals surface area contributed by atoms with Crippen LogP contribution in [0.5, 0.6) is 0 Å². The molecular formula is C25H27ClN4O. The van der Waals surface area contributed by atoms with E-state index in [1.807, 2.05) is 30.3 Å². The summed E-state index contributed by atoms with van der Waals surface area (Å²) in [4.78, 5) is 22.6. The third kappa shape index (κ3) is 3.64. The summed E-state index contributed by atoms with van der Waals surface area (Å²) in [6, 6.07) is 14.8. The Morgan fingerprint density at radius 3 is 2.45 bits per heavy atom. The van der Waals surface area contributed by atoms with Gasteiger partial charge in [0.05, 0.1) is 11.4 Å². The van der Waals surface area contributed by atoms with Gasteiger partial charge in [0.2, 0.25) is 5.91 Å². The smallest absolute Gasteiger partial charge is 0.223 e. The standard InChI is InChI=1S/C25H27ClN4O/c26-19-8-6-18(7-9-19)25-22(29-12-2-1-3-23(29)27-25)16-28-14-20-10-11-21(15-28)30(20)24(31)13-17-4-5-17/h1-3,6-9,12,17,20-21H,4-5,10-11,13-16H2. The minimum absolute atomic E-state index is 0.364. The van der Waals surface area contributed by atoms with Crippen molar-refractivity contribution in [1.82, 2.24) is 19.2 Å². The van der Waals surface area contributed by atoms with Crippen molar-refractivity contribution in [2.75, 3.05) is 13.1 Å². The predicted octanol–water partition coefficient (Wildman–Crippen LogP) is 4.63. The molecule has 3 aliphatic rings. The van der Waals surface area contributed by atoms with E-state index in [9.17, 15) is 4.79 Å². The van der Waals surface area contributed by atoms with Crippen LogP contribution in [0.2, 0.25) is 5.02 Å². The first-order valence-electron chi connectivity index (χ1n) is 11.4. The van der Waals surface area contributed by atoms with Crippen molar-refractivity contribution in [3.8, 4) is 11.3 Å². The van der Waals surface area contributed by atoms with E-state index < -0.39 is 0 Å². The Morgan fingerprint density at radius 2 is 1.74 bits per heavy atom. The molecule has 1 aromatic carbocycles. The number of carbonyl (C=O) groups excluding carboxylic acids is 1. The lowest BCUT2D eigenvalue weighted by Crippen LogP contribution is -2.55. The highest BCUT2D eigenvalue weighted by atomic mass is 35.5. The number of fused-ring (bicyclic) bond motifs is 3. The number of nitrogens with zero attached hydrogens (tertiary/aromatic N) is 4. The Hall–Kier alpha value is -2.37. The Morgan fingerprint density at radius 1 is 1.00 bits per heavy atom. The Labute approximate surface area is 187 Å². The van der Waals surface area contributed by atoms with Gasteiger partial charge in [-0.15, -0.1) is 0 Å². The lowest BCUT2D eigenvalue weighted by molar-refractivity contribution is -0.137. The van der Waals surface area contributed by atoms with Gasteiger partial charge in [-0.05, 0) is 55.9 Å². The summed E-state index contributed by atoms with van der Waals surface area (Å²) < 4.78 is 2.20. The van der Waals surface area contributed by atoms with Gasteiger partial charge < -0.3 is 9.30 Å². The first kappa shape index (κ1) is 19.3. The summed E-state index contributed by atoms with van der Waals surface area (Å²) in [5.41, 5.74) is 4.27. The molecule has 3 fully saturated rings. The number of halogens is 1. The molecule has 2 saturated heterocycles. The molecule has 3 aromatic rings. The topological polar surface area (TPSA) is 40.9 Å². The number of pyridine rings is 1. The first-order chi connectivity index (χ1) is 15.2. The van der Waals surface area contributed by atoms with Gasteiger partial charge >= 0.3 is 0 Å². The average Bonchev–Trinajstić information content (AvgIpc) is 3.45. The van der Waals surface area contributed by atoms with E-state index in [0.29, 0.717) is 23.9 Å². The van der Waals surface area contributed by atoms with Gasteiger partial charge in [-0.1, -0.05) is 29.8 Å². The van der Waals surface area contributed by atoms with Crippen LogP contribution in [0.15, 0.2) is 48.7 Å². The van der Waals surface area contributed by atoms with Gasteiger partial charge in [-0.2, -0.15) is 0 Å². The maximum absolute atomic E-state index is 12.9. The highest BCUT2D eigenvalue weighted by Crippen LogP contribution is 2.37. The molecular weight excluding hydrogens is 408 g/mol. The molecule has 2 aromatic heterocycles. The number of benzene rings is 1. The number of amides is 1. The summed E-state index contributed by atoms with van der Waals surface area (Å²) in [7, 11) is 0. The molecule has 0 radical (unpaired) electrons. The second kappa shape index (κ2) is 7.64. The summed E-state index contributed by atoms with van der Waals surface area (Å²) in [5.74, 6) is 1.05.